The molecule has 0 radical (unpaired) electrons. The number of amides is 1. The van der Waals surface area contributed by atoms with E-state index in [0.29, 0.717) is 11.3 Å². The van der Waals surface area contributed by atoms with Crippen LogP contribution in [0, 0.1) is 34.5 Å². The van der Waals surface area contributed by atoms with Crippen LogP contribution in [0.3, 0.4) is 0 Å². The third-order valence-electron chi connectivity index (χ3n) is 7.51. The Bertz CT molecular complexity index is 895. The average Bonchev–Trinajstić information content (AvgIpc) is 2.73. The van der Waals surface area contributed by atoms with Crippen LogP contribution in [-0.4, -0.2) is 24.5 Å². The summed E-state index contributed by atoms with van der Waals surface area (Å²) in [6.07, 6.45) is 9.01. The van der Waals surface area contributed by atoms with Crippen LogP contribution in [0.2, 0.25) is 0 Å². The fourth-order valence-corrected chi connectivity index (χ4v) is 6.43. The maximum absolute atomic E-state index is 12.9. The standard InChI is InChI=1S/C25H31N3O3/c1-3-31-24(30)21-6-4-5-7-22(21)27-15-20(14-26)23(29)28-16(2)25-11-17-8-18(12-25)10-19(9-17)13-25/h4-7,15-19,27H,3,8-13H2,1-2H3,(H,28,29)/b20-15-. The Balaban J connectivity index is 1.44. The summed E-state index contributed by atoms with van der Waals surface area (Å²) in [4.78, 5) is 25.0. The molecule has 0 heterocycles. The van der Waals surface area contributed by atoms with Crippen LogP contribution in [0.4, 0.5) is 5.69 Å². The van der Waals surface area contributed by atoms with Gasteiger partial charge < -0.3 is 15.4 Å². The molecule has 1 aromatic rings. The van der Waals surface area contributed by atoms with Crippen molar-refractivity contribution in [1.82, 2.24) is 5.32 Å². The lowest BCUT2D eigenvalue weighted by molar-refractivity contribution is -0.122. The molecule has 6 heteroatoms. The van der Waals surface area contributed by atoms with E-state index in [9.17, 15) is 14.9 Å². The molecule has 1 aromatic carbocycles. The van der Waals surface area contributed by atoms with Crippen molar-refractivity contribution in [3.8, 4) is 6.07 Å². The molecule has 2 N–H and O–H groups in total. The van der Waals surface area contributed by atoms with Crippen molar-refractivity contribution >= 4 is 17.6 Å². The topological polar surface area (TPSA) is 91.2 Å². The fourth-order valence-electron chi connectivity index (χ4n) is 6.43. The monoisotopic (exact) mass is 421 g/mol. The van der Waals surface area contributed by atoms with E-state index in [1.807, 2.05) is 6.07 Å². The lowest BCUT2D eigenvalue weighted by Crippen LogP contribution is -2.56. The van der Waals surface area contributed by atoms with Gasteiger partial charge in [0.25, 0.3) is 5.91 Å². The van der Waals surface area contributed by atoms with E-state index in [1.165, 1.54) is 44.7 Å². The van der Waals surface area contributed by atoms with Crippen molar-refractivity contribution in [1.29, 1.82) is 5.26 Å². The van der Waals surface area contributed by atoms with Crippen LogP contribution in [0.1, 0.15) is 62.7 Å². The van der Waals surface area contributed by atoms with Crippen LogP contribution in [0.15, 0.2) is 36.0 Å². The Hall–Kier alpha value is -2.81. The molecule has 6 nitrogen and oxygen atoms in total. The minimum absolute atomic E-state index is 0.00441. The van der Waals surface area contributed by atoms with E-state index < -0.39 is 5.97 Å². The Kier molecular flexibility index (Phi) is 6.04. The number of nitrogens with zero attached hydrogens (tertiary/aromatic N) is 1. The number of nitrogens with one attached hydrogen (secondary N) is 2. The summed E-state index contributed by atoms with van der Waals surface area (Å²) < 4.78 is 5.07. The molecule has 0 aliphatic heterocycles. The van der Waals surface area contributed by atoms with Gasteiger partial charge in [-0.15, -0.1) is 0 Å². The van der Waals surface area contributed by atoms with Gasteiger partial charge in [-0.05, 0) is 87.7 Å². The van der Waals surface area contributed by atoms with Crippen LogP contribution < -0.4 is 10.6 Å². The molecule has 1 atom stereocenters. The Morgan fingerprint density at radius 2 is 1.81 bits per heavy atom. The third kappa shape index (κ3) is 4.32. The molecular weight excluding hydrogens is 390 g/mol. The Morgan fingerprint density at radius 3 is 2.39 bits per heavy atom. The molecule has 0 spiro atoms. The quantitative estimate of drug-likeness (QED) is 0.387. The van der Waals surface area contributed by atoms with Gasteiger partial charge in [0.2, 0.25) is 0 Å². The molecule has 4 bridgehead atoms. The number of benzene rings is 1. The van der Waals surface area contributed by atoms with Gasteiger partial charge in [-0.3, -0.25) is 4.79 Å². The van der Waals surface area contributed by atoms with Crippen LogP contribution in [0.25, 0.3) is 0 Å². The second-order valence-corrected chi connectivity index (χ2v) is 9.56. The molecule has 0 aromatic heterocycles. The van der Waals surface area contributed by atoms with E-state index in [2.05, 4.69) is 17.6 Å². The van der Waals surface area contributed by atoms with Crippen molar-refractivity contribution < 1.29 is 14.3 Å². The number of anilines is 1. The highest BCUT2D eigenvalue weighted by atomic mass is 16.5. The average molecular weight is 422 g/mol. The number of nitriles is 1. The predicted octanol–water partition coefficient (Wildman–Crippen LogP) is 4.40. The summed E-state index contributed by atoms with van der Waals surface area (Å²) in [5, 5.41) is 15.6. The normalized spacial score (nSPS) is 29.7. The lowest BCUT2D eigenvalue weighted by atomic mass is 9.48. The number of esters is 1. The van der Waals surface area contributed by atoms with Gasteiger partial charge in [0.05, 0.1) is 17.9 Å². The van der Waals surface area contributed by atoms with Crippen LogP contribution in [0.5, 0.6) is 0 Å². The van der Waals surface area contributed by atoms with Gasteiger partial charge in [0.1, 0.15) is 11.6 Å². The number of hydrogen-bond acceptors (Lipinski definition) is 5. The Labute approximate surface area is 184 Å². The Morgan fingerprint density at radius 1 is 1.19 bits per heavy atom. The highest BCUT2D eigenvalue weighted by Crippen LogP contribution is 2.61. The molecule has 0 saturated heterocycles. The minimum Gasteiger partial charge on any atom is -0.462 e. The molecule has 4 aliphatic rings. The van der Waals surface area contributed by atoms with Crippen molar-refractivity contribution in [2.45, 2.75) is 58.4 Å². The summed E-state index contributed by atoms with van der Waals surface area (Å²) in [6, 6.07) is 8.92. The van der Waals surface area contributed by atoms with E-state index >= 15 is 0 Å². The van der Waals surface area contributed by atoms with Crippen LogP contribution >= 0.6 is 0 Å². The molecule has 5 rings (SSSR count). The number of rotatable bonds is 7. The fraction of sp³-hybridized carbons (Fsp3) is 0.560. The zero-order valence-electron chi connectivity index (χ0n) is 18.3. The molecular formula is C25H31N3O3. The zero-order chi connectivity index (χ0) is 22.0. The van der Waals surface area contributed by atoms with Crippen molar-refractivity contribution in [2.24, 2.45) is 23.2 Å². The second-order valence-electron chi connectivity index (χ2n) is 9.56. The first kappa shape index (κ1) is 21.4. The number of hydrogen-bond donors (Lipinski definition) is 2. The molecule has 1 unspecified atom stereocenters. The number of para-hydroxylation sites is 1. The first-order chi connectivity index (χ1) is 14.9. The zero-order valence-corrected chi connectivity index (χ0v) is 18.3. The van der Waals surface area contributed by atoms with Crippen LogP contribution in [-0.2, 0) is 9.53 Å². The van der Waals surface area contributed by atoms with Gasteiger partial charge >= 0.3 is 5.97 Å². The van der Waals surface area contributed by atoms with E-state index in [4.69, 9.17) is 4.74 Å². The first-order valence-corrected chi connectivity index (χ1v) is 11.4. The maximum Gasteiger partial charge on any atom is 0.340 e. The minimum atomic E-state index is -0.447. The number of carbonyl (C=O) groups excluding carboxylic acids is 2. The third-order valence-corrected chi connectivity index (χ3v) is 7.51. The summed E-state index contributed by atoms with van der Waals surface area (Å²) in [7, 11) is 0. The number of carbonyl (C=O) groups is 2. The molecule has 31 heavy (non-hydrogen) atoms. The summed E-state index contributed by atoms with van der Waals surface area (Å²) in [5.41, 5.74) is 1.03. The predicted molar refractivity (Wildman–Crippen MR) is 118 cm³/mol. The van der Waals surface area contributed by atoms with Crippen molar-refractivity contribution in [3.05, 3.63) is 41.6 Å². The largest absolute Gasteiger partial charge is 0.462 e. The highest BCUT2D eigenvalue weighted by molar-refractivity contribution is 5.99. The maximum atomic E-state index is 12.9. The highest BCUT2D eigenvalue weighted by Gasteiger charge is 2.53. The van der Waals surface area contributed by atoms with Gasteiger partial charge in [0.15, 0.2) is 0 Å². The van der Waals surface area contributed by atoms with Gasteiger partial charge in [-0.2, -0.15) is 5.26 Å². The first-order valence-electron chi connectivity index (χ1n) is 11.4. The smallest absolute Gasteiger partial charge is 0.340 e. The summed E-state index contributed by atoms with van der Waals surface area (Å²) in [6.45, 7) is 4.12. The summed E-state index contributed by atoms with van der Waals surface area (Å²) in [5.74, 6) is 1.59. The molecule has 4 fully saturated rings. The van der Waals surface area contributed by atoms with Crippen molar-refractivity contribution in [2.75, 3.05) is 11.9 Å². The second kappa shape index (κ2) is 8.74. The molecule has 4 aliphatic carbocycles. The summed E-state index contributed by atoms with van der Waals surface area (Å²) >= 11 is 0. The molecule has 4 saturated carbocycles. The number of ether oxygens (including phenoxy) is 1. The van der Waals surface area contributed by atoms with E-state index in [1.54, 1.807) is 31.2 Å². The molecule has 1 amide bonds. The van der Waals surface area contributed by atoms with Gasteiger partial charge in [-0.25, -0.2) is 4.79 Å². The lowest BCUT2D eigenvalue weighted by Gasteiger charge is -2.59. The van der Waals surface area contributed by atoms with Gasteiger partial charge in [0, 0.05) is 12.2 Å². The van der Waals surface area contributed by atoms with Crippen molar-refractivity contribution in [3.63, 3.8) is 0 Å². The van der Waals surface area contributed by atoms with E-state index in [0.717, 1.165) is 17.8 Å². The molecule has 164 valence electrons. The van der Waals surface area contributed by atoms with Gasteiger partial charge in [-0.1, -0.05) is 12.1 Å². The SMILES string of the molecule is CCOC(=O)c1ccccc1N/C=C(/C#N)C(=O)NC(C)C12CC3CC(CC(C3)C1)C2. The van der Waals surface area contributed by atoms with E-state index in [-0.39, 0.29) is 29.5 Å².